The van der Waals surface area contributed by atoms with Gasteiger partial charge in [-0.3, -0.25) is 9.59 Å². The molecule has 4 heteroatoms. The van der Waals surface area contributed by atoms with Gasteiger partial charge in [-0.25, -0.2) is 0 Å². The van der Waals surface area contributed by atoms with Gasteiger partial charge in [0.15, 0.2) is 0 Å². The Balaban J connectivity index is 3.93. The lowest BCUT2D eigenvalue weighted by Crippen LogP contribution is -2.32. The second-order valence-electron chi connectivity index (χ2n) is 2.54. The topological polar surface area (TPSA) is 57.6 Å². The molecule has 0 rings (SSSR count). The zero-order valence-corrected chi connectivity index (χ0v) is 7.54. The molecule has 0 aliphatic rings. The third-order valence-corrected chi connectivity index (χ3v) is 1.53. The molecule has 0 radical (unpaired) electrons. The molecule has 0 aliphatic heterocycles. The van der Waals surface area contributed by atoms with Gasteiger partial charge in [-0.2, -0.15) is 0 Å². The molecular weight excluding hydrogens is 158 g/mol. The molecule has 1 amide bonds. The van der Waals surface area contributed by atoms with Crippen molar-refractivity contribution in [1.82, 2.24) is 4.90 Å². The summed E-state index contributed by atoms with van der Waals surface area (Å²) in [4.78, 5) is 22.9. The summed E-state index contributed by atoms with van der Waals surface area (Å²) in [5.74, 6) is -1.36. The Labute approximate surface area is 72.2 Å². The molecule has 0 atom stereocenters. The van der Waals surface area contributed by atoms with E-state index in [4.69, 9.17) is 5.11 Å². The van der Waals surface area contributed by atoms with E-state index in [0.717, 1.165) is 6.42 Å². The quantitative estimate of drug-likeness (QED) is 0.623. The van der Waals surface area contributed by atoms with Gasteiger partial charge in [-0.15, -0.1) is 0 Å². The van der Waals surface area contributed by atoms with Crippen molar-refractivity contribution >= 4 is 11.9 Å². The average Bonchev–Trinajstić information content (AvgIpc) is 1.98. The Kier molecular flexibility index (Phi) is 5.08. The second kappa shape index (κ2) is 5.57. The summed E-state index contributed by atoms with van der Waals surface area (Å²) in [5, 5.41) is 8.35. The van der Waals surface area contributed by atoms with E-state index in [1.54, 1.807) is 4.90 Å². The first-order chi connectivity index (χ1) is 5.61. The van der Waals surface area contributed by atoms with Crippen molar-refractivity contribution in [3.63, 3.8) is 0 Å². The maximum atomic E-state index is 11.1. The van der Waals surface area contributed by atoms with Gasteiger partial charge in [-0.1, -0.05) is 6.92 Å². The van der Waals surface area contributed by atoms with Crippen molar-refractivity contribution < 1.29 is 14.7 Å². The normalized spacial score (nSPS) is 9.50. The van der Waals surface area contributed by atoms with E-state index >= 15 is 0 Å². The third-order valence-electron chi connectivity index (χ3n) is 1.53. The number of carboxylic acid groups (broad SMARTS) is 1. The standard InChI is InChI=1S/C8H15NO3/c1-3-5-9(4-2)7(10)6-8(11)12/h3-6H2,1-2H3,(H,11,12). The van der Waals surface area contributed by atoms with Gasteiger partial charge in [0.25, 0.3) is 0 Å². The third kappa shape index (κ3) is 3.95. The lowest BCUT2D eigenvalue weighted by atomic mass is 10.3. The van der Waals surface area contributed by atoms with E-state index in [1.807, 2.05) is 13.8 Å². The molecule has 0 saturated heterocycles. The van der Waals surface area contributed by atoms with Gasteiger partial charge in [0.2, 0.25) is 5.91 Å². The van der Waals surface area contributed by atoms with E-state index in [1.165, 1.54) is 0 Å². The SMILES string of the molecule is CCCN(CC)C(=O)CC(=O)O. The lowest BCUT2D eigenvalue weighted by Gasteiger charge is -2.18. The molecule has 0 saturated carbocycles. The molecule has 0 aromatic heterocycles. The van der Waals surface area contributed by atoms with Crippen LogP contribution < -0.4 is 0 Å². The molecule has 0 aliphatic carbocycles. The second-order valence-corrected chi connectivity index (χ2v) is 2.54. The first kappa shape index (κ1) is 10.9. The summed E-state index contributed by atoms with van der Waals surface area (Å²) in [5.41, 5.74) is 0. The van der Waals surface area contributed by atoms with Crippen LogP contribution in [0.4, 0.5) is 0 Å². The smallest absolute Gasteiger partial charge is 0.312 e. The molecule has 0 unspecified atom stereocenters. The van der Waals surface area contributed by atoms with E-state index in [2.05, 4.69) is 0 Å². The molecule has 12 heavy (non-hydrogen) atoms. The number of carboxylic acids is 1. The molecule has 4 nitrogen and oxygen atoms in total. The first-order valence-electron chi connectivity index (χ1n) is 4.11. The van der Waals surface area contributed by atoms with Crippen LogP contribution in [0.2, 0.25) is 0 Å². The van der Waals surface area contributed by atoms with Crippen molar-refractivity contribution in [3.8, 4) is 0 Å². The van der Waals surface area contributed by atoms with Crippen molar-refractivity contribution in [3.05, 3.63) is 0 Å². The molecule has 1 N–H and O–H groups in total. The summed E-state index contributed by atoms with van der Waals surface area (Å²) < 4.78 is 0. The van der Waals surface area contributed by atoms with Crippen LogP contribution in [0.5, 0.6) is 0 Å². The predicted octanol–water partition coefficient (Wildman–Crippen LogP) is 0.720. The van der Waals surface area contributed by atoms with Crippen molar-refractivity contribution in [1.29, 1.82) is 0 Å². The maximum Gasteiger partial charge on any atom is 0.312 e. The van der Waals surface area contributed by atoms with E-state index in [0.29, 0.717) is 13.1 Å². The van der Waals surface area contributed by atoms with Crippen LogP contribution in [0, 0.1) is 0 Å². The highest BCUT2D eigenvalue weighted by Crippen LogP contribution is 1.95. The van der Waals surface area contributed by atoms with Crippen LogP contribution in [0.15, 0.2) is 0 Å². The first-order valence-corrected chi connectivity index (χ1v) is 4.11. The van der Waals surface area contributed by atoms with Crippen LogP contribution in [-0.4, -0.2) is 35.0 Å². The van der Waals surface area contributed by atoms with Gasteiger partial charge < -0.3 is 10.0 Å². The van der Waals surface area contributed by atoms with Crippen LogP contribution in [-0.2, 0) is 9.59 Å². The summed E-state index contributed by atoms with van der Waals surface area (Å²) >= 11 is 0. The van der Waals surface area contributed by atoms with E-state index in [9.17, 15) is 9.59 Å². The molecule has 0 aromatic rings. The highest BCUT2D eigenvalue weighted by molar-refractivity contribution is 5.93. The number of nitrogens with zero attached hydrogens (tertiary/aromatic N) is 1. The largest absolute Gasteiger partial charge is 0.481 e. The van der Waals surface area contributed by atoms with Crippen LogP contribution in [0.3, 0.4) is 0 Å². The zero-order valence-electron chi connectivity index (χ0n) is 7.54. The molecule has 70 valence electrons. The van der Waals surface area contributed by atoms with E-state index < -0.39 is 12.4 Å². The zero-order chi connectivity index (χ0) is 9.56. The summed E-state index contributed by atoms with van der Waals surface area (Å²) in [7, 11) is 0. The molecule has 0 bridgehead atoms. The highest BCUT2D eigenvalue weighted by Gasteiger charge is 2.13. The summed E-state index contributed by atoms with van der Waals surface area (Å²) in [6.07, 6.45) is 0.465. The number of rotatable bonds is 5. The minimum atomic E-state index is -1.06. The minimum Gasteiger partial charge on any atom is -0.481 e. The fourth-order valence-electron chi connectivity index (χ4n) is 0.970. The molecule has 0 heterocycles. The Bertz CT molecular complexity index is 168. The van der Waals surface area contributed by atoms with Gasteiger partial charge in [0.05, 0.1) is 0 Å². The van der Waals surface area contributed by atoms with Crippen molar-refractivity contribution in [2.45, 2.75) is 26.7 Å². The maximum absolute atomic E-state index is 11.1. The fraction of sp³-hybridized carbons (Fsp3) is 0.750. The van der Waals surface area contributed by atoms with Crippen LogP contribution in [0.1, 0.15) is 26.7 Å². The number of carbonyl (C=O) groups excluding carboxylic acids is 1. The monoisotopic (exact) mass is 173 g/mol. The van der Waals surface area contributed by atoms with Gasteiger partial charge in [0.1, 0.15) is 6.42 Å². The predicted molar refractivity (Wildman–Crippen MR) is 44.8 cm³/mol. The lowest BCUT2D eigenvalue weighted by molar-refractivity contribution is -0.144. The van der Waals surface area contributed by atoms with E-state index in [-0.39, 0.29) is 5.91 Å². The van der Waals surface area contributed by atoms with Gasteiger partial charge in [0, 0.05) is 13.1 Å². The average molecular weight is 173 g/mol. The molecule has 0 spiro atoms. The van der Waals surface area contributed by atoms with Crippen molar-refractivity contribution in [2.75, 3.05) is 13.1 Å². The number of amides is 1. The number of hydrogen-bond donors (Lipinski definition) is 1. The van der Waals surface area contributed by atoms with Crippen molar-refractivity contribution in [2.24, 2.45) is 0 Å². The number of aliphatic carboxylic acids is 1. The Hall–Kier alpha value is -1.06. The number of carbonyl (C=O) groups is 2. The Morgan fingerprint density at radius 1 is 1.33 bits per heavy atom. The summed E-state index contributed by atoms with van der Waals surface area (Å²) in [6, 6.07) is 0. The minimum absolute atomic E-state index is 0.299. The van der Waals surface area contributed by atoms with Gasteiger partial charge in [-0.05, 0) is 13.3 Å². The fourth-order valence-corrected chi connectivity index (χ4v) is 0.970. The highest BCUT2D eigenvalue weighted by atomic mass is 16.4. The Morgan fingerprint density at radius 3 is 2.25 bits per heavy atom. The van der Waals surface area contributed by atoms with Gasteiger partial charge >= 0.3 is 5.97 Å². The molecule has 0 fully saturated rings. The van der Waals surface area contributed by atoms with Crippen LogP contribution >= 0.6 is 0 Å². The molecular formula is C8H15NO3. The van der Waals surface area contributed by atoms with Crippen LogP contribution in [0.25, 0.3) is 0 Å². The molecule has 0 aromatic carbocycles. The number of hydrogen-bond acceptors (Lipinski definition) is 2. The Morgan fingerprint density at radius 2 is 1.92 bits per heavy atom. The summed E-state index contributed by atoms with van der Waals surface area (Å²) in [6.45, 7) is 5.02.